The molecule has 0 fully saturated rings. The molecule has 4 aromatic rings. The molecule has 0 bridgehead atoms. The van der Waals surface area contributed by atoms with Crippen molar-refractivity contribution in [3.63, 3.8) is 0 Å². The van der Waals surface area contributed by atoms with Gasteiger partial charge in [0.2, 0.25) is 11.2 Å². The maximum Gasteiger partial charge on any atom is 0.213 e. The molecule has 0 N–H and O–H groups in total. The highest BCUT2D eigenvalue weighted by atomic mass is 15.1. The van der Waals surface area contributed by atoms with E-state index >= 15 is 0 Å². The van der Waals surface area contributed by atoms with Crippen LogP contribution in [0.1, 0.15) is 28.1 Å². The lowest BCUT2D eigenvalue weighted by molar-refractivity contribution is -0.633. The van der Waals surface area contributed by atoms with Crippen molar-refractivity contribution < 1.29 is 4.57 Å². The summed E-state index contributed by atoms with van der Waals surface area (Å²) < 4.78 is 4.57. The second kappa shape index (κ2) is 5.53. The second-order valence-electron chi connectivity index (χ2n) is 7.77. The number of imidazole rings is 1. The van der Waals surface area contributed by atoms with E-state index in [1.165, 1.54) is 49.9 Å². The normalized spacial score (nSPS) is 13.1. The summed E-state index contributed by atoms with van der Waals surface area (Å²) in [5, 5.41) is 1.35. The van der Waals surface area contributed by atoms with Gasteiger partial charge in [0.05, 0.1) is 22.0 Å². The van der Waals surface area contributed by atoms with Gasteiger partial charge >= 0.3 is 0 Å². The first-order valence-electron chi connectivity index (χ1n) is 9.54. The Morgan fingerprint density at radius 3 is 2.63 bits per heavy atom. The molecule has 0 unspecified atom stereocenters. The summed E-state index contributed by atoms with van der Waals surface area (Å²) in [4.78, 5) is 4.90. The van der Waals surface area contributed by atoms with E-state index in [9.17, 15) is 0 Å². The van der Waals surface area contributed by atoms with Crippen LogP contribution in [0.25, 0.3) is 39.4 Å². The van der Waals surface area contributed by atoms with Gasteiger partial charge in [-0.3, -0.25) is 0 Å². The van der Waals surface area contributed by atoms with Crippen LogP contribution in [0.5, 0.6) is 0 Å². The largest absolute Gasteiger partial charge is 0.303 e. The topological polar surface area (TPSA) is 21.7 Å². The van der Waals surface area contributed by atoms with Crippen LogP contribution in [0.4, 0.5) is 0 Å². The minimum atomic E-state index is 0.921. The van der Waals surface area contributed by atoms with Crippen LogP contribution in [0.2, 0.25) is 0 Å². The van der Waals surface area contributed by atoms with Crippen molar-refractivity contribution in [3.8, 4) is 11.3 Å². The van der Waals surface area contributed by atoms with Crippen molar-refractivity contribution in [3.05, 3.63) is 64.5 Å². The van der Waals surface area contributed by atoms with Crippen molar-refractivity contribution >= 4 is 28.1 Å². The van der Waals surface area contributed by atoms with E-state index in [1.54, 1.807) is 0 Å². The van der Waals surface area contributed by atoms with Gasteiger partial charge in [-0.25, -0.2) is 4.98 Å². The molecule has 0 amide bonds. The molecular weight excluding hydrogens is 330 g/mol. The highest BCUT2D eigenvalue weighted by Gasteiger charge is 2.23. The summed E-state index contributed by atoms with van der Waals surface area (Å²) in [6.45, 7) is 8.87. The predicted octanol–water partition coefficient (Wildman–Crippen LogP) is 4.94. The molecule has 0 saturated heterocycles. The Morgan fingerprint density at radius 1 is 1.00 bits per heavy atom. The molecule has 5 rings (SSSR count). The lowest BCUT2D eigenvalue weighted by Gasteiger charge is -2.13. The molecule has 27 heavy (non-hydrogen) atoms. The van der Waals surface area contributed by atoms with E-state index in [2.05, 4.69) is 86.5 Å². The predicted molar refractivity (Wildman–Crippen MR) is 112 cm³/mol. The van der Waals surface area contributed by atoms with Crippen LogP contribution in [0, 0.1) is 27.7 Å². The first-order chi connectivity index (χ1) is 13.0. The van der Waals surface area contributed by atoms with E-state index < -0.39 is 0 Å². The molecule has 2 aromatic carbocycles. The maximum absolute atomic E-state index is 4.90. The second-order valence-corrected chi connectivity index (χ2v) is 7.77. The lowest BCUT2D eigenvalue weighted by Crippen LogP contribution is -2.32. The standard InChI is InChI=1S/C24H24N3/c1-14-8-6-9-20-23(14)15(2)12-21(26(20)5)18-13-19-24(17(4)16(18)3)27-11-7-10-22(27)25-19/h6-9,11-13H,10H2,1-5H3/q+1. The molecule has 0 radical (unpaired) electrons. The fraction of sp³-hybridized carbons (Fsp3) is 0.250. The smallest absolute Gasteiger partial charge is 0.213 e. The highest BCUT2D eigenvalue weighted by Crippen LogP contribution is 2.34. The van der Waals surface area contributed by atoms with E-state index in [4.69, 9.17) is 4.98 Å². The molecule has 0 aliphatic carbocycles. The minimum absolute atomic E-state index is 0.921. The molecular formula is C24H24N3+. The van der Waals surface area contributed by atoms with Gasteiger partial charge in [0.15, 0.2) is 0 Å². The van der Waals surface area contributed by atoms with Gasteiger partial charge in [0.1, 0.15) is 12.9 Å². The minimum Gasteiger partial charge on any atom is -0.303 e. The number of benzene rings is 2. The Morgan fingerprint density at radius 2 is 1.81 bits per heavy atom. The summed E-state index contributed by atoms with van der Waals surface area (Å²) in [6.07, 6.45) is 5.25. The first kappa shape index (κ1) is 16.2. The summed E-state index contributed by atoms with van der Waals surface area (Å²) >= 11 is 0. The van der Waals surface area contributed by atoms with Crippen LogP contribution < -0.4 is 4.57 Å². The average molecular weight is 354 g/mol. The molecule has 2 aromatic heterocycles. The molecule has 0 saturated carbocycles. The number of aromatic nitrogens is 3. The third-order valence-corrected chi connectivity index (χ3v) is 6.17. The van der Waals surface area contributed by atoms with Gasteiger partial charge in [-0.1, -0.05) is 18.2 Å². The number of aryl methyl sites for hydroxylation is 4. The third kappa shape index (κ3) is 2.14. The van der Waals surface area contributed by atoms with Crippen LogP contribution in [-0.4, -0.2) is 9.55 Å². The van der Waals surface area contributed by atoms with Gasteiger partial charge in [-0.2, -0.15) is 4.57 Å². The molecule has 3 heteroatoms. The fourth-order valence-corrected chi connectivity index (χ4v) is 4.64. The van der Waals surface area contributed by atoms with Crippen molar-refractivity contribution in [2.75, 3.05) is 0 Å². The number of allylic oxidation sites excluding steroid dienone is 1. The number of fused-ring (bicyclic) bond motifs is 4. The Hall–Kier alpha value is -2.94. The van der Waals surface area contributed by atoms with Gasteiger partial charge in [-0.15, -0.1) is 0 Å². The number of pyridine rings is 1. The number of rotatable bonds is 1. The molecule has 1 aliphatic heterocycles. The van der Waals surface area contributed by atoms with Gasteiger partial charge in [0.25, 0.3) is 0 Å². The highest BCUT2D eigenvalue weighted by molar-refractivity contribution is 5.90. The monoisotopic (exact) mass is 354 g/mol. The van der Waals surface area contributed by atoms with Crippen LogP contribution in [0.3, 0.4) is 0 Å². The number of hydrogen-bond acceptors (Lipinski definition) is 1. The molecule has 0 atom stereocenters. The maximum atomic E-state index is 4.90. The molecule has 1 aliphatic rings. The van der Waals surface area contributed by atoms with E-state index in [-0.39, 0.29) is 0 Å². The number of hydrogen-bond donors (Lipinski definition) is 0. The van der Waals surface area contributed by atoms with Crippen molar-refractivity contribution in [2.45, 2.75) is 34.1 Å². The zero-order valence-electron chi connectivity index (χ0n) is 16.6. The summed E-state index contributed by atoms with van der Waals surface area (Å²) in [5.74, 6) is 1.14. The third-order valence-electron chi connectivity index (χ3n) is 6.17. The van der Waals surface area contributed by atoms with E-state index in [0.29, 0.717) is 0 Å². The zero-order chi connectivity index (χ0) is 18.9. The summed E-state index contributed by atoms with van der Waals surface area (Å²) in [7, 11) is 2.17. The zero-order valence-corrected chi connectivity index (χ0v) is 16.6. The van der Waals surface area contributed by atoms with E-state index in [0.717, 1.165) is 17.8 Å². The SMILES string of the molecule is Cc1c(-c2cc(C)c3c(C)cccc3[n+]2C)cc2nc3n(c2c1C)C=CC3. The van der Waals surface area contributed by atoms with Crippen LogP contribution in [0.15, 0.2) is 36.4 Å². The van der Waals surface area contributed by atoms with Crippen LogP contribution in [-0.2, 0) is 13.5 Å². The molecule has 3 nitrogen and oxygen atoms in total. The van der Waals surface area contributed by atoms with Crippen molar-refractivity contribution in [1.82, 2.24) is 9.55 Å². The van der Waals surface area contributed by atoms with Crippen molar-refractivity contribution in [2.24, 2.45) is 7.05 Å². The average Bonchev–Trinajstić information content (AvgIpc) is 3.22. The molecule has 134 valence electrons. The summed E-state index contributed by atoms with van der Waals surface area (Å²) in [5.41, 5.74) is 11.4. The quantitative estimate of drug-likeness (QED) is 0.444. The molecule has 0 spiro atoms. The Bertz CT molecular complexity index is 1290. The number of nitrogens with zero attached hydrogens (tertiary/aromatic N) is 3. The van der Waals surface area contributed by atoms with Gasteiger partial charge in [-0.05, 0) is 56.0 Å². The van der Waals surface area contributed by atoms with Crippen molar-refractivity contribution in [1.29, 1.82) is 0 Å². The van der Waals surface area contributed by atoms with Gasteiger partial charge < -0.3 is 4.57 Å². The van der Waals surface area contributed by atoms with Crippen LogP contribution >= 0.6 is 0 Å². The van der Waals surface area contributed by atoms with E-state index in [1.807, 2.05) is 0 Å². The Kier molecular flexibility index (Phi) is 3.33. The fourth-order valence-electron chi connectivity index (χ4n) is 4.64. The van der Waals surface area contributed by atoms with Gasteiger partial charge in [0, 0.05) is 24.8 Å². The molecule has 3 heterocycles. The first-order valence-corrected chi connectivity index (χ1v) is 9.54. The summed E-state index contributed by atoms with van der Waals surface area (Å²) in [6, 6.07) is 11.2. The lowest BCUT2D eigenvalue weighted by atomic mass is 9.95. The Labute approximate surface area is 159 Å². The Balaban J connectivity index is 1.86.